The SMILES string of the molecule is CNC(C)c1ccc(Br)cc1OCCc1ccncc1. The molecule has 0 aliphatic rings. The Bertz CT molecular complexity index is 545. The molecule has 1 heterocycles. The first kappa shape index (κ1) is 15.0. The number of hydrogen-bond acceptors (Lipinski definition) is 3. The fourth-order valence-electron chi connectivity index (χ4n) is 1.97. The zero-order valence-corrected chi connectivity index (χ0v) is 13.4. The normalized spacial score (nSPS) is 12.2. The average molecular weight is 335 g/mol. The first-order chi connectivity index (χ1) is 9.70. The van der Waals surface area contributed by atoms with Crippen molar-refractivity contribution in [3.05, 3.63) is 58.3 Å². The molecule has 2 aromatic rings. The van der Waals surface area contributed by atoms with E-state index in [1.54, 1.807) is 0 Å². The summed E-state index contributed by atoms with van der Waals surface area (Å²) in [5.74, 6) is 0.926. The van der Waals surface area contributed by atoms with Crippen LogP contribution in [0.2, 0.25) is 0 Å². The number of hydrogen-bond donors (Lipinski definition) is 1. The second-order valence-electron chi connectivity index (χ2n) is 4.65. The van der Waals surface area contributed by atoms with Gasteiger partial charge >= 0.3 is 0 Å². The molecule has 0 aliphatic carbocycles. The molecule has 20 heavy (non-hydrogen) atoms. The van der Waals surface area contributed by atoms with E-state index in [0.717, 1.165) is 16.6 Å². The van der Waals surface area contributed by atoms with Gasteiger partial charge in [-0.25, -0.2) is 0 Å². The maximum absolute atomic E-state index is 5.95. The van der Waals surface area contributed by atoms with Gasteiger partial charge in [-0.3, -0.25) is 4.98 Å². The molecule has 3 nitrogen and oxygen atoms in total. The Kier molecular flexibility index (Phi) is 5.56. The molecule has 0 spiro atoms. The summed E-state index contributed by atoms with van der Waals surface area (Å²) in [6.45, 7) is 2.78. The van der Waals surface area contributed by atoms with Gasteiger partial charge in [0.15, 0.2) is 0 Å². The summed E-state index contributed by atoms with van der Waals surface area (Å²) >= 11 is 3.50. The van der Waals surface area contributed by atoms with Gasteiger partial charge in [-0.05, 0) is 43.8 Å². The van der Waals surface area contributed by atoms with Crippen LogP contribution in [0.4, 0.5) is 0 Å². The van der Waals surface area contributed by atoms with E-state index in [9.17, 15) is 0 Å². The van der Waals surface area contributed by atoms with Crippen LogP contribution >= 0.6 is 15.9 Å². The number of ether oxygens (including phenoxy) is 1. The van der Waals surface area contributed by atoms with Crippen LogP contribution in [0.15, 0.2) is 47.2 Å². The Balaban J connectivity index is 2.03. The predicted molar refractivity (Wildman–Crippen MR) is 85.1 cm³/mol. The molecule has 0 saturated heterocycles. The summed E-state index contributed by atoms with van der Waals surface area (Å²) in [4.78, 5) is 4.02. The van der Waals surface area contributed by atoms with E-state index in [1.807, 2.05) is 43.7 Å². The van der Waals surface area contributed by atoms with E-state index >= 15 is 0 Å². The molecule has 0 amide bonds. The van der Waals surface area contributed by atoms with E-state index in [0.29, 0.717) is 6.61 Å². The molecule has 0 radical (unpaired) electrons. The monoisotopic (exact) mass is 334 g/mol. The second kappa shape index (κ2) is 7.41. The highest BCUT2D eigenvalue weighted by Crippen LogP contribution is 2.28. The summed E-state index contributed by atoms with van der Waals surface area (Å²) in [6, 6.07) is 10.4. The summed E-state index contributed by atoms with van der Waals surface area (Å²) in [5.41, 5.74) is 2.41. The van der Waals surface area contributed by atoms with Gasteiger partial charge in [-0.1, -0.05) is 22.0 Å². The van der Waals surface area contributed by atoms with Crippen molar-refractivity contribution in [3.8, 4) is 5.75 Å². The smallest absolute Gasteiger partial charge is 0.125 e. The number of pyridine rings is 1. The Hall–Kier alpha value is -1.39. The molecule has 1 unspecified atom stereocenters. The average Bonchev–Trinajstić information content (AvgIpc) is 2.48. The number of nitrogens with one attached hydrogen (secondary N) is 1. The first-order valence-corrected chi connectivity index (χ1v) is 7.48. The highest BCUT2D eigenvalue weighted by atomic mass is 79.9. The van der Waals surface area contributed by atoms with E-state index in [1.165, 1.54) is 11.1 Å². The Labute approximate surface area is 128 Å². The molecule has 1 aromatic heterocycles. The number of benzene rings is 1. The van der Waals surface area contributed by atoms with Gasteiger partial charge in [-0.15, -0.1) is 0 Å². The van der Waals surface area contributed by atoms with Crippen molar-refractivity contribution in [1.29, 1.82) is 0 Å². The van der Waals surface area contributed by atoms with Gasteiger partial charge in [0.2, 0.25) is 0 Å². The molecule has 1 atom stereocenters. The first-order valence-electron chi connectivity index (χ1n) is 6.69. The van der Waals surface area contributed by atoms with Crippen molar-refractivity contribution in [3.63, 3.8) is 0 Å². The van der Waals surface area contributed by atoms with Crippen LogP contribution in [-0.4, -0.2) is 18.6 Å². The predicted octanol–water partition coefficient (Wildman–Crippen LogP) is 3.75. The highest BCUT2D eigenvalue weighted by Gasteiger charge is 2.10. The van der Waals surface area contributed by atoms with Gasteiger partial charge in [-0.2, -0.15) is 0 Å². The highest BCUT2D eigenvalue weighted by molar-refractivity contribution is 9.10. The lowest BCUT2D eigenvalue weighted by Crippen LogP contribution is -2.14. The van der Waals surface area contributed by atoms with Crippen LogP contribution in [0.5, 0.6) is 5.75 Å². The van der Waals surface area contributed by atoms with Gasteiger partial charge in [0.25, 0.3) is 0 Å². The molecule has 1 aromatic carbocycles. The zero-order chi connectivity index (χ0) is 14.4. The third-order valence-electron chi connectivity index (χ3n) is 3.27. The standard InChI is InChI=1S/C16H19BrN2O/c1-12(18-2)15-4-3-14(17)11-16(15)20-10-7-13-5-8-19-9-6-13/h3-6,8-9,11-12,18H,7,10H2,1-2H3. The molecule has 0 aliphatic heterocycles. The maximum atomic E-state index is 5.95. The van der Waals surface area contributed by atoms with Crippen LogP contribution in [0.25, 0.3) is 0 Å². The van der Waals surface area contributed by atoms with Crippen LogP contribution < -0.4 is 10.1 Å². The topological polar surface area (TPSA) is 34.1 Å². The van der Waals surface area contributed by atoms with E-state index in [-0.39, 0.29) is 6.04 Å². The molecular weight excluding hydrogens is 316 g/mol. The molecule has 1 N–H and O–H groups in total. The van der Waals surface area contributed by atoms with Gasteiger partial charge in [0, 0.05) is 34.9 Å². The van der Waals surface area contributed by atoms with Crippen LogP contribution in [0.3, 0.4) is 0 Å². The Morgan fingerprint density at radius 3 is 2.70 bits per heavy atom. The van der Waals surface area contributed by atoms with Crippen molar-refractivity contribution in [2.75, 3.05) is 13.7 Å². The van der Waals surface area contributed by atoms with Crippen molar-refractivity contribution in [2.24, 2.45) is 0 Å². The second-order valence-corrected chi connectivity index (χ2v) is 5.56. The van der Waals surface area contributed by atoms with Crippen molar-refractivity contribution >= 4 is 15.9 Å². The largest absolute Gasteiger partial charge is 0.493 e. The van der Waals surface area contributed by atoms with Gasteiger partial charge in [0.05, 0.1) is 6.61 Å². The number of nitrogens with zero attached hydrogens (tertiary/aromatic N) is 1. The minimum absolute atomic E-state index is 0.263. The quantitative estimate of drug-likeness (QED) is 0.873. The van der Waals surface area contributed by atoms with Crippen LogP contribution in [-0.2, 0) is 6.42 Å². The lowest BCUT2D eigenvalue weighted by atomic mass is 10.1. The minimum Gasteiger partial charge on any atom is -0.493 e. The fraction of sp³-hybridized carbons (Fsp3) is 0.312. The molecule has 106 valence electrons. The van der Waals surface area contributed by atoms with Gasteiger partial charge in [0.1, 0.15) is 5.75 Å². The zero-order valence-electron chi connectivity index (χ0n) is 11.8. The fourth-order valence-corrected chi connectivity index (χ4v) is 2.31. The molecule has 0 bridgehead atoms. The Morgan fingerprint density at radius 1 is 1.25 bits per heavy atom. The Morgan fingerprint density at radius 2 is 2.00 bits per heavy atom. The summed E-state index contributed by atoms with van der Waals surface area (Å²) in [6.07, 6.45) is 4.49. The summed E-state index contributed by atoms with van der Waals surface area (Å²) in [7, 11) is 1.95. The lowest BCUT2D eigenvalue weighted by Gasteiger charge is -2.17. The summed E-state index contributed by atoms with van der Waals surface area (Å²) in [5, 5.41) is 3.25. The van der Waals surface area contributed by atoms with E-state index in [2.05, 4.69) is 39.2 Å². The van der Waals surface area contributed by atoms with E-state index < -0.39 is 0 Å². The maximum Gasteiger partial charge on any atom is 0.125 e. The molecule has 0 fully saturated rings. The van der Waals surface area contributed by atoms with Crippen LogP contribution in [0.1, 0.15) is 24.1 Å². The third-order valence-corrected chi connectivity index (χ3v) is 3.77. The molecular formula is C16H19BrN2O. The summed E-state index contributed by atoms with van der Waals surface area (Å²) < 4.78 is 6.99. The van der Waals surface area contributed by atoms with Crippen molar-refractivity contribution in [1.82, 2.24) is 10.3 Å². The van der Waals surface area contributed by atoms with Crippen molar-refractivity contribution in [2.45, 2.75) is 19.4 Å². The minimum atomic E-state index is 0.263. The molecule has 0 saturated carbocycles. The molecule has 4 heteroatoms. The number of halogens is 1. The number of rotatable bonds is 6. The molecule has 2 rings (SSSR count). The van der Waals surface area contributed by atoms with Gasteiger partial charge < -0.3 is 10.1 Å². The van der Waals surface area contributed by atoms with Crippen molar-refractivity contribution < 1.29 is 4.74 Å². The lowest BCUT2D eigenvalue weighted by molar-refractivity contribution is 0.315. The number of aromatic nitrogens is 1. The van der Waals surface area contributed by atoms with E-state index in [4.69, 9.17) is 4.74 Å². The third kappa shape index (κ3) is 4.05. The van der Waals surface area contributed by atoms with Crippen LogP contribution in [0, 0.1) is 0 Å².